The van der Waals surface area contributed by atoms with Gasteiger partial charge in [-0.25, -0.2) is 0 Å². The highest BCUT2D eigenvalue weighted by atomic mass is 16.6. The first-order valence-corrected chi connectivity index (χ1v) is 9.02. The molecule has 0 aromatic carbocycles. The van der Waals surface area contributed by atoms with Gasteiger partial charge in [0.1, 0.15) is 26.4 Å². The quantitative estimate of drug-likeness (QED) is 0.274. The van der Waals surface area contributed by atoms with Crippen LogP contribution in [0.25, 0.3) is 0 Å². The van der Waals surface area contributed by atoms with Crippen LogP contribution >= 0.6 is 0 Å². The normalized spacial score (nSPS) is 22.6. The van der Waals surface area contributed by atoms with Gasteiger partial charge in [-0.15, -0.1) is 0 Å². The number of ether oxygens (including phenoxy) is 4. The third-order valence-corrected chi connectivity index (χ3v) is 4.29. The second-order valence-electron chi connectivity index (χ2n) is 6.18. The van der Waals surface area contributed by atoms with Gasteiger partial charge in [0.2, 0.25) is 0 Å². The highest BCUT2D eigenvalue weighted by molar-refractivity contribution is 5.93. The molecule has 1 fully saturated rings. The van der Waals surface area contributed by atoms with Gasteiger partial charge in [-0.2, -0.15) is 0 Å². The summed E-state index contributed by atoms with van der Waals surface area (Å²) in [5.41, 5.74) is 0. The average molecular weight is 406 g/mol. The molecular weight excluding hydrogens is 380 g/mol. The summed E-state index contributed by atoms with van der Waals surface area (Å²) in [6.07, 6.45) is 5.29. The molecule has 0 amide bonds. The zero-order valence-electron chi connectivity index (χ0n) is 16.2. The highest BCUT2D eigenvalue weighted by Gasteiger charge is 2.58. The van der Waals surface area contributed by atoms with Crippen molar-refractivity contribution in [1.82, 2.24) is 0 Å². The number of carbonyl (C=O) groups is 4. The van der Waals surface area contributed by atoms with Gasteiger partial charge in [-0.3, -0.25) is 19.2 Å². The van der Waals surface area contributed by atoms with E-state index in [-0.39, 0.29) is 32.8 Å². The van der Waals surface area contributed by atoms with Gasteiger partial charge in [0.15, 0.2) is 0 Å². The Morgan fingerprint density at radius 2 is 0.862 bits per heavy atom. The van der Waals surface area contributed by atoms with Crippen LogP contribution in [0.5, 0.6) is 0 Å². The molecule has 1 rings (SSSR count). The summed E-state index contributed by atoms with van der Waals surface area (Å²) in [6, 6.07) is 0. The minimum atomic E-state index is -1.27. The summed E-state index contributed by atoms with van der Waals surface area (Å²) in [6.45, 7) is 13.4. The van der Waals surface area contributed by atoms with Crippen molar-refractivity contribution < 1.29 is 38.1 Å². The largest absolute Gasteiger partial charge is 0.461 e. The van der Waals surface area contributed by atoms with Crippen LogP contribution in [-0.4, -0.2) is 50.3 Å². The molecule has 0 aromatic rings. The van der Waals surface area contributed by atoms with E-state index in [1.165, 1.54) is 24.3 Å². The van der Waals surface area contributed by atoms with Crippen LogP contribution in [0.4, 0.5) is 0 Å². The van der Waals surface area contributed by atoms with Crippen molar-refractivity contribution in [1.29, 1.82) is 0 Å². The van der Waals surface area contributed by atoms with Crippen LogP contribution in [-0.2, 0) is 38.1 Å². The molecule has 158 valence electrons. The SMILES string of the molecule is C=CCOC(=O)[C@@H]1[C@H](C(=O)OCC=C)[C@@H](C(=O)OCC=C)C[C@H]1C(=O)OCC=C. The monoisotopic (exact) mass is 406 g/mol. The van der Waals surface area contributed by atoms with Crippen molar-refractivity contribution in [2.24, 2.45) is 23.7 Å². The molecule has 0 heterocycles. The van der Waals surface area contributed by atoms with Gasteiger partial charge >= 0.3 is 23.9 Å². The molecule has 8 heteroatoms. The molecule has 0 unspecified atom stereocenters. The van der Waals surface area contributed by atoms with E-state index in [1.807, 2.05) is 0 Å². The number of carbonyl (C=O) groups excluding carboxylic acids is 4. The summed E-state index contributed by atoms with van der Waals surface area (Å²) < 4.78 is 20.3. The molecule has 0 saturated heterocycles. The Bertz CT molecular complexity index is 610. The van der Waals surface area contributed by atoms with Crippen molar-refractivity contribution in [2.45, 2.75) is 6.42 Å². The Balaban J connectivity index is 3.28. The minimum Gasteiger partial charge on any atom is -0.461 e. The Morgan fingerprint density at radius 1 is 0.586 bits per heavy atom. The lowest BCUT2D eigenvalue weighted by Gasteiger charge is -2.22. The summed E-state index contributed by atoms with van der Waals surface area (Å²) in [4.78, 5) is 50.4. The highest BCUT2D eigenvalue weighted by Crippen LogP contribution is 2.44. The molecule has 29 heavy (non-hydrogen) atoms. The van der Waals surface area contributed by atoms with E-state index in [2.05, 4.69) is 26.3 Å². The zero-order valence-corrected chi connectivity index (χ0v) is 16.2. The fourth-order valence-corrected chi connectivity index (χ4v) is 3.15. The Kier molecular flexibility index (Phi) is 10.2. The predicted molar refractivity (Wildman–Crippen MR) is 103 cm³/mol. The number of hydrogen-bond acceptors (Lipinski definition) is 8. The Hall–Kier alpha value is -3.16. The summed E-state index contributed by atoms with van der Waals surface area (Å²) in [7, 11) is 0. The molecule has 0 aromatic heterocycles. The molecule has 1 aliphatic carbocycles. The lowest BCUT2D eigenvalue weighted by Crippen LogP contribution is -2.38. The standard InChI is InChI=1S/C21H26O8/c1-5-9-26-18(22)14-13-15(19(23)27-10-6-2)17(21(25)29-12-8-4)16(14)20(24)28-11-7-3/h5-8,14-17H,1-4,9-13H2/t14-,15+,16+,17-. The molecule has 8 nitrogen and oxygen atoms in total. The van der Waals surface area contributed by atoms with Gasteiger partial charge in [-0.05, 0) is 6.42 Å². The van der Waals surface area contributed by atoms with E-state index in [4.69, 9.17) is 18.9 Å². The zero-order chi connectivity index (χ0) is 21.8. The second kappa shape index (κ2) is 12.3. The van der Waals surface area contributed by atoms with E-state index < -0.39 is 47.5 Å². The van der Waals surface area contributed by atoms with Crippen molar-refractivity contribution in [2.75, 3.05) is 26.4 Å². The maximum Gasteiger partial charge on any atom is 0.311 e. The number of hydrogen-bond donors (Lipinski definition) is 0. The fraction of sp³-hybridized carbons (Fsp3) is 0.429. The van der Waals surface area contributed by atoms with Crippen molar-refractivity contribution in [3.05, 3.63) is 50.6 Å². The minimum absolute atomic E-state index is 0.0824. The lowest BCUT2D eigenvalue weighted by atomic mass is 9.86. The predicted octanol–water partition coefficient (Wildman–Crippen LogP) is 1.77. The molecule has 1 saturated carbocycles. The van der Waals surface area contributed by atoms with Crippen LogP contribution in [0.2, 0.25) is 0 Å². The summed E-state index contributed by atoms with van der Waals surface area (Å²) in [5.74, 6) is -7.87. The van der Waals surface area contributed by atoms with Crippen molar-refractivity contribution >= 4 is 23.9 Å². The molecule has 1 aliphatic rings. The third-order valence-electron chi connectivity index (χ3n) is 4.29. The maximum absolute atomic E-state index is 12.7. The van der Waals surface area contributed by atoms with Gasteiger partial charge in [0.05, 0.1) is 23.7 Å². The van der Waals surface area contributed by atoms with Gasteiger partial charge < -0.3 is 18.9 Å². The number of rotatable bonds is 12. The second-order valence-corrected chi connectivity index (χ2v) is 6.18. The summed E-state index contributed by atoms with van der Waals surface area (Å²) >= 11 is 0. The molecule has 0 spiro atoms. The first-order chi connectivity index (χ1) is 13.9. The van der Waals surface area contributed by atoms with Gasteiger partial charge in [0.25, 0.3) is 0 Å². The first kappa shape index (κ1) is 23.9. The van der Waals surface area contributed by atoms with Crippen LogP contribution in [0.15, 0.2) is 50.6 Å². The molecule has 0 radical (unpaired) electrons. The van der Waals surface area contributed by atoms with Crippen LogP contribution in [0.3, 0.4) is 0 Å². The van der Waals surface area contributed by atoms with E-state index in [1.54, 1.807) is 0 Å². The summed E-state index contributed by atoms with van der Waals surface area (Å²) in [5, 5.41) is 0. The Morgan fingerprint density at radius 3 is 1.14 bits per heavy atom. The fourth-order valence-electron chi connectivity index (χ4n) is 3.15. The number of esters is 4. The van der Waals surface area contributed by atoms with Crippen molar-refractivity contribution in [3.63, 3.8) is 0 Å². The van der Waals surface area contributed by atoms with Gasteiger partial charge in [-0.1, -0.05) is 50.6 Å². The van der Waals surface area contributed by atoms with E-state index >= 15 is 0 Å². The molecule has 0 N–H and O–H groups in total. The van der Waals surface area contributed by atoms with Crippen LogP contribution in [0, 0.1) is 23.7 Å². The average Bonchev–Trinajstić information content (AvgIpc) is 3.13. The topological polar surface area (TPSA) is 105 Å². The molecule has 0 aliphatic heterocycles. The third kappa shape index (κ3) is 6.44. The smallest absolute Gasteiger partial charge is 0.311 e. The first-order valence-electron chi connectivity index (χ1n) is 9.02. The lowest BCUT2D eigenvalue weighted by molar-refractivity contribution is -0.167. The van der Waals surface area contributed by atoms with Crippen molar-refractivity contribution in [3.8, 4) is 0 Å². The van der Waals surface area contributed by atoms with E-state index in [9.17, 15) is 19.2 Å². The maximum atomic E-state index is 12.7. The molecule has 0 bridgehead atoms. The van der Waals surface area contributed by atoms with Gasteiger partial charge in [0, 0.05) is 0 Å². The van der Waals surface area contributed by atoms with E-state index in [0.717, 1.165) is 0 Å². The van der Waals surface area contributed by atoms with Crippen LogP contribution in [0.1, 0.15) is 6.42 Å². The van der Waals surface area contributed by atoms with E-state index in [0.29, 0.717) is 0 Å². The van der Waals surface area contributed by atoms with Crippen LogP contribution < -0.4 is 0 Å². The molecular formula is C21H26O8. The Labute approximate surface area is 169 Å². The molecule has 4 atom stereocenters.